The van der Waals surface area contributed by atoms with Gasteiger partial charge in [-0.1, -0.05) is 34.1 Å². The summed E-state index contributed by atoms with van der Waals surface area (Å²) in [6, 6.07) is -0.581. The van der Waals surface area contributed by atoms with E-state index in [0.29, 0.717) is 52.9 Å². The van der Waals surface area contributed by atoms with Crippen LogP contribution < -0.4 is 16.4 Å². The molecule has 4 saturated carbocycles. The number of hydrogen-bond acceptors (Lipinski definition) is 6. The highest BCUT2D eigenvalue weighted by Crippen LogP contribution is 2.67. The number of aliphatic hydroxyl groups is 1. The molecule has 10 atom stereocenters. The summed E-state index contributed by atoms with van der Waals surface area (Å²) in [5, 5.41) is 16.8. The first-order valence-corrected chi connectivity index (χ1v) is 17.2. The van der Waals surface area contributed by atoms with E-state index in [0.717, 1.165) is 24.8 Å². The molecule has 1 saturated heterocycles. The van der Waals surface area contributed by atoms with Gasteiger partial charge in [-0.05, 0) is 111 Å². The molecule has 9 heteroatoms. The fraction of sp³-hybridized carbons (Fsp3) is 0.848. The Bertz CT molecular complexity index is 1110. The molecule has 3 amide bonds. The number of aliphatic hydroxyl groups excluding tert-OH is 1. The van der Waals surface area contributed by atoms with Gasteiger partial charge in [-0.3, -0.25) is 19.3 Å². The second kappa shape index (κ2) is 12.1. The van der Waals surface area contributed by atoms with E-state index in [9.17, 15) is 19.5 Å². The fourth-order valence-electron chi connectivity index (χ4n) is 10.6. The Morgan fingerprint density at radius 2 is 1.86 bits per heavy atom. The molecule has 5 fully saturated rings. The quantitative estimate of drug-likeness (QED) is 0.251. The molecule has 0 bridgehead atoms. The van der Waals surface area contributed by atoms with Crippen LogP contribution in [0.5, 0.6) is 0 Å². The Hall–Kier alpha value is -1.58. The molecule has 2 heterocycles. The average molecular weight is 603 g/mol. The highest BCUT2D eigenvalue weighted by atomic mass is 32.2. The minimum absolute atomic E-state index is 0. The Morgan fingerprint density at radius 3 is 2.62 bits per heavy atom. The molecule has 6 rings (SSSR count). The summed E-state index contributed by atoms with van der Waals surface area (Å²) in [4.78, 5) is 39.9. The van der Waals surface area contributed by atoms with Crippen LogP contribution in [0, 0.1) is 40.4 Å². The molecular formula is C33H54N4O4S. The Labute approximate surface area is 256 Å². The van der Waals surface area contributed by atoms with Gasteiger partial charge in [0, 0.05) is 12.2 Å². The lowest BCUT2D eigenvalue weighted by Gasteiger charge is -2.62. The third-order valence-electron chi connectivity index (χ3n) is 12.7. The van der Waals surface area contributed by atoms with Crippen molar-refractivity contribution in [2.45, 2.75) is 123 Å². The van der Waals surface area contributed by atoms with Crippen molar-refractivity contribution in [1.29, 1.82) is 0 Å². The van der Waals surface area contributed by atoms with Gasteiger partial charge in [0.25, 0.3) is 11.8 Å². The zero-order valence-corrected chi connectivity index (χ0v) is 25.9. The molecule has 236 valence electrons. The van der Waals surface area contributed by atoms with E-state index in [2.05, 4.69) is 24.5 Å². The van der Waals surface area contributed by atoms with Crippen LogP contribution in [0.3, 0.4) is 0 Å². The number of β-lactam (4-membered cyclic amide) rings is 1. The van der Waals surface area contributed by atoms with Gasteiger partial charge >= 0.3 is 0 Å². The minimum Gasteiger partial charge on any atom is -0.393 e. The van der Waals surface area contributed by atoms with Crippen LogP contribution in [-0.4, -0.2) is 57.7 Å². The molecule has 42 heavy (non-hydrogen) atoms. The second-order valence-electron chi connectivity index (χ2n) is 14.5. The predicted octanol–water partition coefficient (Wildman–Crippen LogP) is 4.52. The number of thioether (sulfide) groups is 1. The van der Waals surface area contributed by atoms with Crippen LogP contribution in [0.1, 0.15) is 105 Å². The summed E-state index contributed by atoms with van der Waals surface area (Å²) < 4.78 is 0. The minimum atomic E-state index is -0.581. The number of nitrogens with zero attached hydrogens (tertiary/aromatic N) is 1. The Kier molecular flexibility index (Phi) is 9.15. The van der Waals surface area contributed by atoms with E-state index in [4.69, 9.17) is 5.73 Å². The van der Waals surface area contributed by atoms with Gasteiger partial charge in [0.15, 0.2) is 0 Å². The van der Waals surface area contributed by atoms with Crippen molar-refractivity contribution in [1.82, 2.24) is 15.5 Å². The Morgan fingerprint density at radius 1 is 1.10 bits per heavy atom. The van der Waals surface area contributed by atoms with Crippen molar-refractivity contribution >= 4 is 29.5 Å². The van der Waals surface area contributed by atoms with E-state index in [-0.39, 0.29) is 48.7 Å². The highest BCUT2D eigenvalue weighted by molar-refractivity contribution is 8.00. The zero-order valence-electron chi connectivity index (χ0n) is 25.1. The maximum absolute atomic E-state index is 13.0. The number of rotatable bonds is 7. The fourth-order valence-corrected chi connectivity index (χ4v) is 11.9. The molecule has 5 N–H and O–H groups in total. The topological polar surface area (TPSA) is 125 Å². The molecule has 4 aliphatic carbocycles. The summed E-state index contributed by atoms with van der Waals surface area (Å²) in [6.45, 7) is 6.91. The highest BCUT2D eigenvalue weighted by Gasteiger charge is 2.62. The summed E-state index contributed by atoms with van der Waals surface area (Å²) in [7, 11) is 0. The van der Waals surface area contributed by atoms with Gasteiger partial charge in [-0.2, -0.15) is 0 Å². The monoisotopic (exact) mass is 602 g/mol. The van der Waals surface area contributed by atoms with Crippen molar-refractivity contribution in [3.8, 4) is 0 Å². The van der Waals surface area contributed by atoms with E-state index in [1.54, 1.807) is 11.8 Å². The van der Waals surface area contributed by atoms with Crippen LogP contribution in [0.15, 0.2) is 11.3 Å². The third-order valence-corrected chi connectivity index (χ3v) is 14.1. The van der Waals surface area contributed by atoms with Crippen LogP contribution in [-0.2, 0) is 14.4 Å². The molecule has 0 radical (unpaired) electrons. The lowest BCUT2D eigenvalue weighted by Crippen LogP contribution is -2.71. The number of nitrogens with one attached hydrogen (secondary N) is 2. The van der Waals surface area contributed by atoms with E-state index >= 15 is 0 Å². The molecule has 6 aliphatic rings. The predicted molar refractivity (Wildman–Crippen MR) is 167 cm³/mol. The summed E-state index contributed by atoms with van der Waals surface area (Å²) in [5.41, 5.74) is 7.37. The molecule has 0 aromatic heterocycles. The van der Waals surface area contributed by atoms with Crippen LogP contribution in [0.25, 0.3) is 0 Å². The summed E-state index contributed by atoms with van der Waals surface area (Å²) in [5.74, 6) is 3.00. The van der Waals surface area contributed by atoms with Crippen molar-refractivity contribution in [3.63, 3.8) is 0 Å². The smallest absolute Gasteiger partial charge is 0.269 e. The van der Waals surface area contributed by atoms with Crippen molar-refractivity contribution in [2.75, 3.05) is 12.4 Å². The molecular weight excluding hydrogens is 548 g/mol. The number of carbonyl (C=O) groups excluding carboxylic acids is 3. The van der Waals surface area contributed by atoms with Gasteiger partial charge in [0.1, 0.15) is 17.1 Å². The number of hydrogen-bond donors (Lipinski definition) is 4. The number of nitrogens with two attached hydrogens (primary N) is 1. The maximum Gasteiger partial charge on any atom is 0.269 e. The van der Waals surface area contributed by atoms with Crippen LogP contribution in [0.4, 0.5) is 0 Å². The van der Waals surface area contributed by atoms with E-state index < -0.39 is 6.04 Å². The first kappa shape index (κ1) is 31.8. The maximum atomic E-state index is 13.0. The molecule has 8 nitrogen and oxygen atoms in total. The number of carbonyl (C=O) groups is 3. The molecule has 0 aromatic rings. The number of fused-ring (bicyclic) bond motifs is 6. The van der Waals surface area contributed by atoms with Gasteiger partial charge < -0.3 is 21.5 Å². The first-order chi connectivity index (χ1) is 19.6. The third kappa shape index (κ3) is 5.03. The SMILES string of the molecule is C.CC1=C(C(=O)NCN)N2C(=O)C(NC(=O)CCCC3CCC4C5C(O)CC6CCCCC6(C)C5CCC34C)C2SC1. The van der Waals surface area contributed by atoms with Gasteiger partial charge in [0.05, 0.1) is 12.8 Å². The van der Waals surface area contributed by atoms with Gasteiger partial charge in [0.2, 0.25) is 5.91 Å². The molecule has 2 aliphatic heterocycles. The normalized spacial score (nSPS) is 42.3. The van der Waals surface area contributed by atoms with Crippen molar-refractivity contribution in [3.05, 3.63) is 11.3 Å². The number of amides is 3. The standard InChI is InChI=1S/C32H50N4O4S.CH4/c1-18-16-41-30-26(29(40)36(30)27(18)28(39)34-17-33)35-24(38)9-6-8-19-10-11-21-25-22(12-14-32(19,21)3)31(2)13-5-4-7-20(31)15-23(25)37;/h19-23,25-26,30,37H,4-17,33H2,1-3H3,(H,34,39)(H,35,38);1H4. The van der Waals surface area contributed by atoms with Crippen molar-refractivity contribution < 1.29 is 19.5 Å². The van der Waals surface area contributed by atoms with Gasteiger partial charge in [-0.15, -0.1) is 11.8 Å². The van der Waals surface area contributed by atoms with E-state index in [1.807, 2.05) is 6.92 Å². The largest absolute Gasteiger partial charge is 0.393 e. The molecule has 10 unspecified atom stereocenters. The summed E-state index contributed by atoms with van der Waals surface area (Å²) >= 11 is 1.59. The van der Waals surface area contributed by atoms with Gasteiger partial charge in [-0.25, -0.2) is 0 Å². The van der Waals surface area contributed by atoms with Crippen molar-refractivity contribution in [2.24, 2.45) is 46.2 Å². The van der Waals surface area contributed by atoms with E-state index in [1.165, 1.54) is 56.3 Å². The van der Waals surface area contributed by atoms with Crippen LogP contribution in [0.2, 0.25) is 0 Å². The summed E-state index contributed by atoms with van der Waals surface area (Å²) in [6.07, 6.45) is 13.4. The average Bonchev–Trinajstić information content (AvgIpc) is 3.28. The lowest BCUT2D eigenvalue weighted by atomic mass is 9.44. The van der Waals surface area contributed by atoms with Crippen LogP contribution >= 0.6 is 11.8 Å². The lowest BCUT2D eigenvalue weighted by molar-refractivity contribution is -0.162. The first-order valence-electron chi connectivity index (χ1n) is 16.2. The zero-order chi connectivity index (χ0) is 29.1. The molecule has 0 spiro atoms. The second-order valence-corrected chi connectivity index (χ2v) is 15.7. The molecule has 0 aromatic carbocycles. The Balaban J connectivity index is 0.00000353.